The van der Waals surface area contributed by atoms with Crippen molar-refractivity contribution in [3.8, 4) is 0 Å². The molecule has 5 nitrogen and oxygen atoms in total. The Kier molecular flexibility index (Phi) is 4.97. The summed E-state index contributed by atoms with van der Waals surface area (Å²) in [7, 11) is -4.17. The molecule has 0 bridgehead atoms. The molecule has 1 heterocycles. The predicted molar refractivity (Wildman–Crippen MR) is 104 cm³/mol. The number of rotatable bonds is 4. The minimum Gasteiger partial charge on any atom is -0.460 e. The molecule has 0 fully saturated rings. The fraction of sp³-hybridized carbons (Fsp3) is 0.0952. The first-order chi connectivity index (χ1) is 13.5. The number of esters is 1. The Labute approximate surface area is 165 Å². The van der Waals surface area contributed by atoms with E-state index in [1.54, 1.807) is 36.4 Å². The normalized spacial score (nSPS) is 14.8. The Bertz CT molecular complexity index is 1080. The number of hydrogen-bond acceptors (Lipinski definition) is 5. The zero-order valence-electron chi connectivity index (χ0n) is 14.7. The Morgan fingerprint density at radius 2 is 1.39 bits per heavy atom. The third-order valence-corrected chi connectivity index (χ3v) is 8.83. The highest BCUT2D eigenvalue weighted by molar-refractivity contribution is 8.00. The molecule has 0 radical (unpaired) electrons. The highest BCUT2D eigenvalue weighted by atomic mass is 32.2. The van der Waals surface area contributed by atoms with Crippen molar-refractivity contribution in [3.05, 3.63) is 78.4 Å². The number of aliphatic hydroxyl groups excluding tert-OH is 1. The van der Waals surface area contributed by atoms with E-state index in [1.807, 2.05) is 36.4 Å². The number of carbonyl (C=O) groups excluding carboxylic acids is 1. The van der Waals surface area contributed by atoms with Crippen molar-refractivity contribution < 1.29 is 23.1 Å². The van der Waals surface area contributed by atoms with Crippen LogP contribution in [-0.2, 0) is 25.5 Å². The maximum atomic E-state index is 13.0. The predicted octanol–water partition coefficient (Wildman–Crippen LogP) is 3.08. The second kappa shape index (κ2) is 7.43. The molecule has 0 saturated heterocycles. The zero-order chi connectivity index (χ0) is 19.7. The number of benzene rings is 3. The van der Waals surface area contributed by atoms with Gasteiger partial charge in [0.1, 0.15) is 27.3 Å². The molecule has 1 aliphatic rings. The van der Waals surface area contributed by atoms with Crippen LogP contribution in [0.4, 0.5) is 0 Å². The Morgan fingerprint density at radius 1 is 0.857 bits per heavy atom. The van der Waals surface area contributed by atoms with E-state index in [2.05, 4.69) is 0 Å². The van der Waals surface area contributed by atoms with Crippen LogP contribution in [0.2, 0.25) is 0 Å². The molecule has 0 atom stereocenters. The summed E-state index contributed by atoms with van der Waals surface area (Å²) in [6.45, 7) is -0.279. The first-order valence-corrected chi connectivity index (χ1v) is 11.3. The SMILES string of the molecule is O=C(OCCO)c1ccc([S+]2c3ccccc3S(=O)(=O)c3ccccc32)cc1. The molecule has 1 aliphatic heterocycles. The van der Waals surface area contributed by atoms with Crippen LogP contribution in [0.25, 0.3) is 0 Å². The topological polar surface area (TPSA) is 80.7 Å². The summed E-state index contributed by atoms with van der Waals surface area (Å²) in [5.41, 5.74) is 0.381. The lowest BCUT2D eigenvalue weighted by Gasteiger charge is -2.19. The van der Waals surface area contributed by atoms with E-state index >= 15 is 0 Å². The third-order valence-electron chi connectivity index (χ3n) is 4.37. The van der Waals surface area contributed by atoms with E-state index in [4.69, 9.17) is 9.84 Å². The Hall–Kier alpha value is -2.61. The average Bonchev–Trinajstić information content (AvgIpc) is 2.73. The van der Waals surface area contributed by atoms with Crippen LogP contribution in [-0.4, -0.2) is 32.7 Å². The van der Waals surface area contributed by atoms with Crippen LogP contribution >= 0.6 is 0 Å². The van der Waals surface area contributed by atoms with Gasteiger partial charge < -0.3 is 9.84 Å². The highest BCUT2D eigenvalue weighted by Crippen LogP contribution is 2.44. The highest BCUT2D eigenvalue weighted by Gasteiger charge is 2.44. The van der Waals surface area contributed by atoms with E-state index in [-0.39, 0.29) is 13.2 Å². The lowest BCUT2D eigenvalue weighted by molar-refractivity contribution is 0.0433. The van der Waals surface area contributed by atoms with Gasteiger partial charge in [-0.15, -0.1) is 0 Å². The summed E-state index contributed by atoms with van der Waals surface area (Å²) >= 11 is 0. The van der Waals surface area contributed by atoms with E-state index in [1.165, 1.54) is 0 Å². The first kappa shape index (κ1) is 18.7. The number of ether oxygens (including phenoxy) is 1. The quantitative estimate of drug-likeness (QED) is 0.411. The van der Waals surface area contributed by atoms with E-state index in [9.17, 15) is 13.2 Å². The molecule has 0 amide bonds. The number of carbonyl (C=O) groups is 1. The maximum absolute atomic E-state index is 13.0. The van der Waals surface area contributed by atoms with E-state index in [0.29, 0.717) is 15.4 Å². The molecule has 3 aromatic carbocycles. The Balaban J connectivity index is 1.82. The molecule has 28 heavy (non-hydrogen) atoms. The van der Waals surface area contributed by atoms with Gasteiger partial charge in [-0.05, 0) is 48.5 Å². The second-order valence-electron chi connectivity index (χ2n) is 6.09. The summed E-state index contributed by atoms with van der Waals surface area (Å²) in [5.74, 6) is -0.504. The first-order valence-electron chi connectivity index (χ1n) is 8.59. The molecule has 1 N–H and O–H groups in total. The smallest absolute Gasteiger partial charge is 0.338 e. The van der Waals surface area contributed by atoms with Crippen LogP contribution < -0.4 is 0 Å². The van der Waals surface area contributed by atoms with Crippen LogP contribution in [0.5, 0.6) is 0 Å². The fourth-order valence-electron chi connectivity index (χ4n) is 3.12. The molecule has 0 spiro atoms. The van der Waals surface area contributed by atoms with Crippen molar-refractivity contribution in [2.75, 3.05) is 13.2 Å². The van der Waals surface area contributed by atoms with Gasteiger partial charge in [0.15, 0.2) is 14.7 Å². The Morgan fingerprint density at radius 3 is 1.93 bits per heavy atom. The molecule has 142 valence electrons. The van der Waals surface area contributed by atoms with Gasteiger partial charge >= 0.3 is 5.97 Å². The maximum Gasteiger partial charge on any atom is 0.338 e. The summed E-state index contributed by atoms with van der Waals surface area (Å²) in [6.07, 6.45) is 0. The van der Waals surface area contributed by atoms with Gasteiger partial charge in [-0.3, -0.25) is 0 Å². The monoisotopic (exact) mass is 413 g/mol. The number of aliphatic hydroxyl groups is 1. The van der Waals surface area contributed by atoms with Crippen molar-refractivity contribution in [2.24, 2.45) is 0 Å². The van der Waals surface area contributed by atoms with Gasteiger partial charge in [0.25, 0.3) is 0 Å². The van der Waals surface area contributed by atoms with Gasteiger partial charge in [-0.1, -0.05) is 24.3 Å². The zero-order valence-corrected chi connectivity index (χ0v) is 16.4. The summed E-state index contributed by atoms with van der Waals surface area (Å²) < 4.78 is 31.0. The van der Waals surface area contributed by atoms with Gasteiger partial charge in [-0.2, -0.15) is 0 Å². The van der Waals surface area contributed by atoms with Crippen molar-refractivity contribution in [1.82, 2.24) is 0 Å². The van der Waals surface area contributed by atoms with Crippen LogP contribution in [0, 0.1) is 0 Å². The molecule has 0 saturated carbocycles. The fourth-order valence-corrected chi connectivity index (χ4v) is 7.82. The summed E-state index contributed by atoms with van der Waals surface area (Å²) in [5, 5.41) is 8.78. The molecule has 0 unspecified atom stereocenters. The lowest BCUT2D eigenvalue weighted by Crippen LogP contribution is -2.20. The molecule has 3 aromatic rings. The van der Waals surface area contributed by atoms with Crippen LogP contribution in [0.15, 0.2) is 97.3 Å². The average molecular weight is 413 g/mol. The van der Waals surface area contributed by atoms with Gasteiger partial charge in [0, 0.05) is 0 Å². The second-order valence-corrected chi connectivity index (χ2v) is 9.94. The number of sulfone groups is 1. The minimum atomic E-state index is -3.57. The number of fused-ring (bicyclic) bond motifs is 2. The molecule has 0 aliphatic carbocycles. The summed E-state index contributed by atoms with van der Waals surface area (Å²) in [4.78, 5) is 15.0. The van der Waals surface area contributed by atoms with Gasteiger partial charge in [-0.25, -0.2) is 13.2 Å². The molecular weight excluding hydrogens is 396 g/mol. The van der Waals surface area contributed by atoms with Crippen LogP contribution in [0.1, 0.15) is 10.4 Å². The minimum absolute atomic E-state index is 0.0520. The van der Waals surface area contributed by atoms with Crippen molar-refractivity contribution in [1.29, 1.82) is 0 Å². The standard InChI is InChI=1S/C21H17O5S2/c22-13-14-26-21(23)15-9-11-16(12-10-15)27-17-5-1-3-7-19(17)28(24,25)20-8-4-2-6-18(20)27/h1-12,22H,13-14H2/q+1. The molecule has 7 heteroatoms. The van der Waals surface area contributed by atoms with E-state index < -0.39 is 26.7 Å². The van der Waals surface area contributed by atoms with Gasteiger partial charge in [0.05, 0.1) is 12.2 Å². The number of hydrogen-bond donors (Lipinski definition) is 1. The van der Waals surface area contributed by atoms with Gasteiger partial charge in [0.2, 0.25) is 9.84 Å². The van der Waals surface area contributed by atoms with E-state index in [0.717, 1.165) is 14.7 Å². The lowest BCUT2D eigenvalue weighted by atomic mass is 10.2. The van der Waals surface area contributed by atoms with Crippen molar-refractivity contribution >= 4 is 26.7 Å². The van der Waals surface area contributed by atoms with Crippen molar-refractivity contribution in [3.63, 3.8) is 0 Å². The largest absolute Gasteiger partial charge is 0.460 e. The van der Waals surface area contributed by atoms with Crippen LogP contribution in [0.3, 0.4) is 0 Å². The molecular formula is C21H17O5S2+. The summed E-state index contributed by atoms with van der Waals surface area (Å²) in [6, 6.07) is 21.1. The van der Waals surface area contributed by atoms with Crippen molar-refractivity contribution in [2.45, 2.75) is 24.5 Å². The molecule has 4 rings (SSSR count). The third kappa shape index (κ3) is 3.11. The molecule has 0 aromatic heterocycles.